The molecule has 2 aromatic carbocycles. The van der Waals surface area contributed by atoms with Gasteiger partial charge in [0.05, 0.1) is 11.4 Å². The van der Waals surface area contributed by atoms with Crippen LogP contribution in [0.1, 0.15) is 47.1 Å². The van der Waals surface area contributed by atoms with Crippen LogP contribution in [0.15, 0.2) is 53.4 Å². The molecule has 172 valence electrons. The molecular formula is C22H28N4O5S. The Kier molecular flexibility index (Phi) is 7.76. The van der Waals surface area contributed by atoms with Gasteiger partial charge in [0.15, 0.2) is 0 Å². The van der Waals surface area contributed by atoms with Gasteiger partial charge in [0.2, 0.25) is 10.0 Å². The van der Waals surface area contributed by atoms with Crippen molar-refractivity contribution in [3.63, 3.8) is 0 Å². The molecule has 2 aromatic rings. The van der Waals surface area contributed by atoms with Crippen LogP contribution in [0.3, 0.4) is 0 Å². The highest BCUT2D eigenvalue weighted by molar-refractivity contribution is 7.89. The fourth-order valence-corrected chi connectivity index (χ4v) is 3.58. The highest BCUT2D eigenvalue weighted by Crippen LogP contribution is 2.22. The summed E-state index contributed by atoms with van der Waals surface area (Å²) in [5, 5.41) is 2.47. The van der Waals surface area contributed by atoms with Crippen molar-refractivity contribution in [3.05, 3.63) is 65.2 Å². The Morgan fingerprint density at radius 1 is 0.875 bits per heavy atom. The van der Waals surface area contributed by atoms with E-state index in [0.29, 0.717) is 5.56 Å². The van der Waals surface area contributed by atoms with Crippen LogP contribution in [-0.4, -0.2) is 51.1 Å². The molecule has 0 aliphatic carbocycles. The minimum atomic E-state index is -3.70. The minimum absolute atomic E-state index is 0.0384. The number of benzene rings is 2. The number of hydrazine groups is 1. The van der Waals surface area contributed by atoms with Gasteiger partial charge in [-0.3, -0.25) is 25.2 Å². The first-order valence-corrected chi connectivity index (χ1v) is 11.3. The van der Waals surface area contributed by atoms with Crippen LogP contribution < -0.4 is 16.2 Å². The molecule has 0 aliphatic heterocycles. The number of nitrogens with zero attached hydrogens (tertiary/aromatic N) is 1. The Morgan fingerprint density at radius 2 is 1.50 bits per heavy atom. The quantitative estimate of drug-likeness (QED) is 0.563. The first kappa shape index (κ1) is 25.0. The van der Waals surface area contributed by atoms with Crippen molar-refractivity contribution in [1.29, 1.82) is 0 Å². The van der Waals surface area contributed by atoms with E-state index in [4.69, 9.17) is 0 Å². The third-order valence-corrected chi connectivity index (χ3v) is 6.42. The summed E-state index contributed by atoms with van der Waals surface area (Å²) in [6, 6.07) is 12.5. The average Bonchev–Trinajstić information content (AvgIpc) is 2.75. The zero-order valence-electron chi connectivity index (χ0n) is 18.7. The third kappa shape index (κ3) is 6.38. The molecule has 0 saturated carbocycles. The number of carbonyl (C=O) groups is 3. The lowest BCUT2D eigenvalue weighted by molar-refractivity contribution is -0.120. The molecule has 3 amide bonds. The molecule has 9 nitrogen and oxygen atoms in total. The molecule has 0 spiro atoms. The molecule has 10 heteroatoms. The molecule has 0 saturated heterocycles. The summed E-state index contributed by atoms with van der Waals surface area (Å²) in [5.41, 5.74) is 5.89. The van der Waals surface area contributed by atoms with E-state index in [2.05, 4.69) is 36.9 Å². The van der Waals surface area contributed by atoms with E-state index in [1.807, 2.05) is 12.1 Å². The van der Waals surface area contributed by atoms with E-state index in [1.54, 1.807) is 12.1 Å². The van der Waals surface area contributed by atoms with E-state index >= 15 is 0 Å². The number of hydrogen-bond donors (Lipinski definition) is 3. The van der Waals surface area contributed by atoms with Crippen molar-refractivity contribution in [3.8, 4) is 0 Å². The SMILES string of the molecule is CN(C)S(=O)(=O)c1cccc(C(=O)NNC(=O)CNC(=O)c2ccc(C(C)(C)C)cc2)c1. The Balaban J connectivity index is 1.89. The zero-order valence-corrected chi connectivity index (χ0v) is 19.5. The smallest absolute Gasteiger partial charge is 0.269 e. The predicted octanol–water partition coefficient (Wildman–Crippen LogP) is 1.43. The lowest BCUT2D eigenvalue weighted by Gasteiger charge is -2.19. The normalized spacial score (nSPS) is 11.7. The molecule has 32 heavy (non-hydrogen) atoms. The number of hydrogen-bond acceptors (Lipinski definition) is 5. The number of amides is 3. The zero-order chi connectivity index (χ0) is 24.1. The molecule has 0 atom stereocenters. The standard InChI is InChI=1S/C22H28N4O5S/c1-22(2,3)17-11-9-15(10-12-17)20(28)23-14-19(27)24-25-21(29)16-7-6-8-18(13-16)32(30,31)26(4)5/h6-13H,14H2,1-5H3,(H,23,28)(H,24,27)(H,25,29). The van der Waals surface area contributed by atoms with Crippen LogP contribution in [0.2, 0.25) is 0 Å². The second-order valence-corrected chi connectivity index (χ2v) is 10.5. The maximum absolute atomic E-state index is 12.2. The highest BCUT2D eigenvalue weighted by Gasteiger charge is 2.19. The summed E-state index contributed by atoms with van der Waals surface area (Å²) in [7, 11) is -0.932. The summed E-state index contributed by atoms with van der Waals surface area (Å²) in [4.78, 5) is 36.4. The molecule has 0 radical (unpaired) electrons. The van der Waals surface area contributed by atoms with Gasteiger partial charge >= 0.3 is 0 Å². The Labute approximate surface area is 188 Å². The summed E-state index contributed by atoms with van der Waals surface area (Å²) in [6.07, 6.45) is 0. The molecule has 0 bridgehead atoms. The van der Waals surface area contributed by atoms with Gasteiger partial charge in [-0.15, -0.1) is 0 Å². The van der Waals surface area contributed by atoms with Gasteiger partial charge in [-0.25, -0.2) is 12.7 Å². The Bertz CT molecular complexity index is 1100. The maximum atomic E-state index is 12.2. The average molecular weight is 461 g/mol. The Hall–Kier alpha value is -3.24. The largest absolute Gasteiger partial charge is 0.343 e. The third-order valence-electron chi connectivity index (χ3n) is 4.61. The lowest BCUT2D eigenvalue weighted by Crippen LogP contribution is -2.46. The number of carbonyl (C=O) groups excluding carboxylic acids is 3. The summed E-state index contributed by atoms with van der Waals surface area (Å²) in [6.45, 7) is 5.85. The fourth-order valence-electron chi connectivity index (χ4n) is 2.64. The van der Waals surface area contributed by atoms with Crippen molar-refractivity contribution >= 4 is 27.7 Å². The molecule has 0 unspecified atom stereocenters. The molecule has 3 N–H and O–H groups in total. The number of rotatable bonds is 6. The monoisotopic (exact) mass is 460 g/mol. The van der Waals surface area contributed by atoms with Crippen molar-refractivity contribution in [2.45, 2.75) is 31.1 Å². The minimum Gasteiger partial charge on any atom is -0.343 e. The van der Waals surface area contributed by atoms with E-state index in [1.165, 1.54) is 38.4 Å². The summed E-state index contributed by atoms with van der Waals surface area (Å²) < 4.78 is 25.4. The van der Waals surface area contributed by atoms with Gasteiger partial charge in [-0.1, -0.05) is 39.0 Å². The highest BCUT2D eigenvalue weighted by atomic mass is 32.2. The number of nitrogens with one attached hydrogen (secondary N) is 3. The van der Waals surface area contributed by atoms with Crippen LogP contribution in [0.25, 0.3) is 0 Å². The fraction of sp³-hybridized carbons (Fsp3) is 0.318. The summed E-state index contributed by atoms with van der Waals surface area (Å²) >= 11 is 0. The van der Waals surface area contributed by atoms with E-state index in [9.17, 15) is 22.8 Å². The van der Waals surface area contributed by atoms with Crippen LogP contribution in [0.4, 0.5) is 0 Å². The van der Waals surface area contributed by atoms with Crippen molar-refractivity contribution < 1.29 is 22.8 Å². The molecular weight excluding hydrogens is 432 g/mol. The van der Waals surface area contributed by atoms with Crippen LogP contribution in [0.5, 0.6) is 0 Å². The van der Waals surface area contributed by atoms with Gasteiger partial charge in [-0.2, -0.15) is 0 Å². The maximum Gasteiger partial charge on any atom is 0.269 e. The van der Waals surface area contributed by atoms with Gasteiger partial charge < -0.3 is 5.32 Å². The second-order valence-electron chi connectivity index (χ2n) is 8.33. The van der Waals surface area contributed by atoms with Crippen LogP contribution in [0, 0.1) is 0 Å². The molecule has 0 heterocycles. The van der Waals surface area contributed by atoms with Crippen molar-refractivity contribution in [2.75, 3.05) is 20.6 Å². The molecule has 0 aromatic heterocycles. The Morgan fingerprint density at radius 3 is 2.06 bits per heavy atom. The van der Waals surface area contributed by atoms with Crippen LogP contribution >= 0.6 is 0 Å². The summed E-state index contributed by atoms with van der Waals surface area (Å²) in [5.74, 6) is -1.76. The molecule has 0 fully saturated rings. The molecule has 0 aliphatic rings. The van der Waals surface area contributed by atoms with Crippen molar-refractivity contribution in [2.24, 2.45) is 0 Å². The number of sulfonamides is 1. The first-order chi connectivity index (χ1) is 14.8. The first-order valence-electron chi connectivity index (χ1n) is 9.83. The van der Waals surface area contributed by atoms with E-state index in [0.717, 1.165) is 9.87 Å². The van der Waals surface area contributed by atoms with Gasteiger partial charge in [-0.05, 0) is 41.3 Å². The van der Waals surface area contributed by atoms with Gasteiger partial charge in [0, 0.05) is 25.2 Å². The van der Waals surface area contributed by atoms with E-state index in [-0.39, 0.29) is 22.4 Å². The van der Waals surface area contributed by atoms with Crippen molar-refractivity contribution in [1.82, 2.24) is 20.5 Å². The van der Waals surface area contributed by atoms with Gasteiger partial charge in [0.1, 0.15) is 0 Å². The second kappa shape index (κ2) is 9.92. The van der Waals surface area contributed by atoms with E-state index < -0.39 is 27.7 Å². The molecule has 2 rings (SSSR count). The topological polar surface area (TPSA) is 125 Å². The van der Waals surface area contributed by atoms with Gasteiger partial charge in [0.25, 0.3) is 17.7 Å². The predicted molar refractivity (Wildman–Crippen MR) is 120 cm³/mol. The lowest BCUT2D eigenvalue weighted by atomic mass is 9.87. The van der Waals surface area contributed by atoms with Crippen LogP contribution in [-0.2, 0) is 20.2 Å².